The van der Waals surface area contributed by atoms with Crippen LogP contribution >= 0.6 is 0 Å². The lowest BCUT2D eigenvalue weighted by molar-refractivity contribution is -0.146. The molecule has 1 atom stereocenters. The number of para-hydroxylation sites is 1. The lowest BCUT2D eigenvalue weighted by Gasteiger charge is -2.24. The molecule has 0 aliphatic heterocycles. The third-order valence-corrected chi connectivity index (χ3v) is 3.27. The zero-order valence-electron chi connectivity index (χ0n) is 14.7. The molecule has 0 bridgehead atoms. The second-order valence-corrected chi connectivity index (χ2v) is 5.95. The van der Waals surface area contributed by atoms with Gasteiger partial charge in [-0.15, -0.1) is 0 Å². The molecule has 0 aliphatic rings. The van der Waals surface area contributed by atoms with Crippen LogP contribution in [-0.4, -0.2) is 37.0 Å². The molecular weight excluding hydrogens is 308 g/mol. The van der Waals surface area contributed by atoms with Crippen molar-refractivity contribution in [1.82, 2.24) is 5.32 Å². The summed E-state index contributed by atoms with van der Waals surface area (Å²) in [6.45, 7) is 7.27. The quantitative estimate of drug-likeness (QED) is 0.739. The van der Waals surface area contributed by atoms with E-state index in [4.69, 9.17) is 4.74 Å². The first-order chi connectivity index (χ1) is 11.3. The third-order valence-electron chi connectivity index (χ3n) is 3.27. The van der Waals surface area contributed by atoms with Crippen molar-refractivity contribution in [3.63, 3.8) is 0 Å². The molecule has 2 amide bonds. The van der Waals surface area contributed by atoms with E-state index in [0.29, 0.717) is 12.1 Å². The summed E-state index contributed by atoms with van der Waals surface area (Å²) >= 11 is 0. The van der Waals surface area contributed by atoms with Crippen LogP contribution in [0.1, 0.15) is 34.1 Å². The summed E-state index contributed by atoms with van der Waals surface area (Å²) in [6, 6.07) is 8.27. The number of nitrogens with one attached hydrogen (secondary N) is 1. The molecule has 6 nitrogen and oxygen atoms in total. The maximum atomic E-state index is 12.5. The molecule has 1 aromatic rings. The van der Waals surface area contributed by atoms with Gasteiger partial charge in [-0.3, -0.25) is 9.59 Å². The fraction of sp³-hybridized carbons (Fsp3) is 0.500. The average Bonchev–Trinajstić information content (AvgIpc) is 2.52. The number of hydrogen-bond donors (Lipinski definition) is 1. The molecule has 1 N–H and O–H groups in total. The minimum absolute atomic E-state index is 0.130. The first kappa shape index (κ1) is 19.7. The summed E-state index contributed by atoms with van der Waals surface area (Å²) in [6.07, 6.45) is 0.343. The molecule has 0 aliphatic carbocycles. The lowest BCUT2D eigenvalue weighted by Crippen LogP contribution is -2.46. The minimum Gasteiger partial charge on any atom is -0.464 e. The van der Waals surface area contributed by atoms with Gasteiger partial charge in [0.25, 0.3) is 0 Å². The molecular formula is C18H26N2O4. The Morgan fingerprint density at radius 2 is 1.75 bits per heavy atom. The third kappa shape index (κ3) is 6.40. The fourth-order valence-corrected chi connectivity index (χ4v) is 2.15. The average molecular weight is 334 g/mol. The summed E-state index contributed by atoms with van der Waals surface area (Å²) in [4.78, 5) is 37.7. The van der Waals surface area contributed by atoms with Crippen molar-refractivity contribution in [3.05, 3.63) is 30.3 Å². The molecule has 0 unspecified atom stereocenters. The van der Waals surface area contributed by atoms with Crippen molar-refractivity contribution in [3.8, 4) is 0 Å². The van der Waals surface area contributed by atoms with Crippen LogP contribution < -0.4 is 10.2 Å². The van der Waals surface area contributed by atoms with Crippen molar-refractivity contribution in [2.45, 2.75) is 40.2 Å². The lowest BCUT2D eigenvalue weighted by atomic mass is 10.1. The van der Waals surface area contributed by atoms with E-state index in [2.05, 4.69) is 5.32 Å². The second-order valence-electron chi connectivity index (χ2n) is 5.95. The summed E-state index contributed by atoms with van der Waals surface area (Å²) in [7, 11) is 0. The highest BCUT2D eigenvalue weighted by Crippen LogP contribution is 2.16. The highest BCUT2D eigenvalue weighted by atomic mass is 16.5. The molecule has 0 fully saturated rings. The van der Waals surface area contributed by atoms with E-state index in [9.17, 15) is 14.4 Å². The van der Waals surface area contributed by atoms with E-state index in [1.165, 1.54) is 4.90 Å². The van der Waals surface area contributed by atoms with Gasteiger partial charge in [0.1, 0.15) is 12.6 Å². The Kier molecular flexibility index (Phi) is 7.95. The van der Waals surface area contributed by atoms with E-state index in [0.717, 1.165) is 0 Å². The number of esters is 1. The number of hydrogen-bond acceptors (Lipinski definition) is 4. The maximum absolute atomic E-state index is 12.5. The maximum Gasteiger partial charge on any atom is 0.328 e. The number of ether oxygens (including phenoxy) is 1. The summed E-state index contributed by atoms with van der Waals surface area (Å²) in [5, 5.41) is 2.57. The van der Waals surface area contributed by atoms with E-state index in [1.54, 1.807) is 26.0 Å². The Hall–Kier alpha value is -2.37. The van der Waals surface area contributed by atoms with Gasteiger partial charge in [0, 0.05) is 12.1 Å². The molecule has 24 heavy (non-hydrogen) atoms. The van der Waals surface area contributed by atoms with Gasteiger partial charge in [0.15, 0.2) is 0 Å². The van der Waals surface area contributed by atoms with Gasteiger partial charge >= 0.3 is 5.97 Å². The number of benzene rings is 1. The molecule has 0 saturated heterocycles. The second kappa shape index (κ2) is 9.70. The first-order valence-corrected chi connectivity index (χ1v) is 8.16. The van der Waals surface area contributed by atoms with Crippen molar-refractivity contribution >= 4 is 23.5 Å². The molecule has 132 valence electrons. The topological polar surface area (TPSA) is 75.7 Å². The zero-order chi connectivity index (χ0) is 18.1. The molecule has 0 aromatic heterocycles. The van der Waals surface area contributed by atoms with Crippen LogP contribution in [0.4, 0.5) is 5.69 Å². The number of carbonyl (C=O) groups excluding carboxylic acids is 3. The van der Waals surface area contributed by atoms with E-state index in [1.807, 2.05) is 32.0 Å². The van der Waals surface area contributed by atoms with Crippen LogP contribution in [0.15, 0.2) is 30.3 Å². The highest BCUT2D eigenvalue weighted by molar-refractivity contribution is 5.99. The van der Waals surface area contributed by atoms with Gasteiger partial charge in [0.2, 0.25) is 11.8 Å². The standard InChI is InChI=1S/C18H26N2O4/c1-5-24-18(23)14(4)19-16(21)12-20(17(22)11-13(2)3)15-9-7-6-8-10-15/h6-10,13-14H,5,11-12H2,1-4H3,(H,19,21)/t14-/m0/s1. The predicted octanol–water partition coefficient (Wildman–Crippen LogP) is 2.13. The normalized spacial score (nSPS) is 11.7. The summed E-state index contributed by atoms with van der Waals surface area (Å²) < 4.78 is 4.86. The Morgan fingerprint density at radius 1 is 1.12 bits per heavy atom. The number of carbonyl (C=O) groups is 3. The highest BCUT2D eigenvalue weighted by Gasteiger charge is 2.22. The smallest absolute Gasteiger partial charge is 0.328 e. The fourth-order valence-electron chi connectivity index (χ4n) is 2.15. The Balaban J connectivity index is 2.79. The molecule has 1 rings (SSSR count). The Morgan fingerprint density at radius 3 is 2.29 bits per heavy atom. The Labute approximate surface area is 143 Å². The predicted molar refractivity (Wildman–Crippen MR) is 92.5 cm³/mol. The van der Waals surface area contributed by atoms with Gasteiger partial charge < -0.3 is 15.0 Å². The van der Waals surface area contributed by atoms with Gasteiger partial charge in [-0.05, 0) is 31.9 Å². The monoisotopic (exact) mass is 334 g/mol. The van der Waals surface area contributed by atoms with Crippen LogP contribution in [0.5, 0.6) is 0 Å². The van der Waals surface area contributed by atoms with Gasteiger partial charge in [0.05, 0.1) is 6.61 Å². The van der Waals surface area contributed by atoms with E-state index < -0.39 is 17.9 Å². The van der Waals surface area contributed by atoms with E-state index >= 15 is 0 Å². The SMILES string of the molecule is CCOC(=O)[C@H](C)NC(=O)CN(C(=O)CC(C)C)c1ccccc1. The van der Waals surface area contributed by atoms with E-state index in [-0.39, 0.29) is 25.0 Å². The van der Waals surface area contributed by atoms with Crippen molar-refractivity contribution < 1.29 is 19.1 Å². The number of amides is 2. The molecule has 6 heteroatoms. The van der Waals surface area contributed by atoms with Gasteiger partial charge in [-0.25, -0.2) is 4.79 Å². The molecule has 1 aromatic carbocycles. The summed E-state index contributed by atoms with van der Waals surface area (Å²) in [5.41, 5.74) is 0.655. The molecule has 0 heterocycles. The molecule has 0 radical (unpaired) electrons. The van der Waals surface area contributed by atoms with Crippen molar-refractivity contribution in [2.24, 2.45) is 5.92 Å². The van der Waals surface area contributed by atoms with Crippen LogP contribution in [0.2, 0.25) is 0 Å². The first-order valence-electron chi connectivity index (χ1n) is 8.16. The number of nitrogens with zero attached hydrogens (tertiary/aromatic N) is 1. The van der Waals surface area contributed by atoms with Gasteiger partial charge in [-0.1, -0.05) is 32.0 Å². The Bertz CT molecular complexity index is 557. The van der Waals surface area contributed by atoms with Crippen LogP contribution in [0, 0.1) is 5.92 Å². The summed E-state index contributed by atoms with van der Waals surface area (Å²) in [5.74, 6) is -0.845. The van der Waals surface area contributed by atoms with Crippen molar-refractivity contribution in [1.29, 1.82) is 0 Å². The molecule has 0 spiro atoms. The largest absolute Gasteiger partial charge is 0.464 e. The van der Waals surface area contributed by atoms with Crippen LogP contribution in [0.3, 0.4) is 0 Å². The van der Waals surface area contributed by atoms with Crippen LogP contribution in [0.25, 0.3) is 0 Å². The van der Waals surface area contributed by atoms with Gasteiger partial charge in [-0.2, -0.15) is 0 Å². The number of rotatable bonds is 8. The minimum atomic E-state index is -0.754. The molecule has 0 saturated carbocycles. The number of anilines is 1. The van der Waals surface area contributed by atoms with Crippen molar-refractivity contribution in [2.75, 3.05) is 18.1 Å². The zero-order valence-corrected chi connectivity index (χ0v) is 14.7. The van der Waals surface area contributed by atoms with Crippen LogP contribution in [-0.2, 0) is 19.1 Å².